The van der Waals surface area contributed by atoms with Crippen molar-refractivity contribution in [1.29, 1.82) is 0 Å². The van der Waals surface area contributed by atoms with Crippen LogP contribution in [0.1, 0.15) is 19.8 Å². The Labute approximate surface area is 107 Å². The molecule has 5 heteroatoms. The second-order valence-corrected chi connectivity index (χ2v) is 5.09. The number of halogens is 1. The molecule has 17 heavy (non-hydrogen) atoms. The maximum Gasteiger partial charge on any atom is 0.151 e. The molecular formula is C12H19ClN4. The SMILES string of the molecule is CC(CNc1nc(Cl)ccc1N)N(C)C1CC1. The van der Waals surface area contributed by atoms with Gasteiger partial charge in [-0.15, -0.1) is 0 Å². The first-order valence-corrected chi connectivity index (χ1v) is 6.33. The molecule has 1 aliphatic carbocycles. The van der Waals surface area contributed by atoms with E-state index >= 15 is 0 Å². The minimum Gasteiger partial charge on any atom is -0.396 e. The average Bonchev–Trinajstić information content (AvgIpc) is 3.13. The Kier molecular flexibility index (Phi) is 3.74. The van der Waals surface area contributed by atoms with E-state index in [2.05, 4.69) is 29.2 Å². The Morgan fingerprint density at radius 3 is 2.94 bits per heavy atom. The highest BCUT2D eigenvalue weighted by atomic mass is 35.5. The van der Waals surface area contributed by atoms with Crippen LogP contribution in [0.4, 0.5) is 11.5 Å². The average molecular weight is 255 g/mol. The number of pyridine rings is 1. The molecule has 0 amide bonds. The summed E-state index contributed by atoms with van der Waals surface area (Å²) in [6, 6.07) is 4.69. The Balaban J connectivity index is 1.90. The Hall–Kier alpha value is -1.00. The summed E-state index contributed by atoms with van der Waals surface area (Å²) < 4.78 is 0. The summed E-state index contributed by atoms with van der Waals surface area (Å²) in [5, 5.41) is 3.72. The van der Waals surface area contributed by atoms with Gasteiger partial charge < -0.3 is 11.1 Å². The highest BCUT2D eigenvalue weighted by molar-refractivity contribution is 6.29. The number of aromatic nitrogens is 1. The van der Waals surface area contributed by atoms with Crippen LogP contribution < -0.4 is 11.1 Å². The minimum absolute atomic E-state index is 0.461. The van der Waals surface area contributed by atoms with Crippen LogP contribution in [0, 0.1) is 0 Å². The van der Waals surface area contributed by atoms with Gasteiger partial charge in [0.15, 0.2) is 5.82 Å². The summed E-state index contributed by atoms with van der Waals surface area (Å²) in [7, 11) is 2.17. The van der Waals surface area contributed by atoms with E-state index in [0.717, 1.165) is 12.6 Å². The fraction of sp³-hybridized carbons (Fsp3) is 0.583. The molecule has 0 aliphatic heterocycles. The Morgan fingerprint density at radius 2 is 2.29 bits per heavy atom. The highest BCUT2D eigenvalue weighted by Crippen LogP contribution is 2.27. The Morgan fingerprint density at radius 1 is 1.59 bits per heavy atom. The second-order valence-electron chi connectivity index (χ2n) is 4.70. The van der Waals surface area contributed by atoms with Crippen LogP contribution in [0.5, 0.6) is 0 Å². The van der Waals surface area contributed by atoms with E-state index < -0.39 is 0 Å². The molecule has 0 radical (unpaired) electrons. The monoisotopic (exact) mass is 254 g/mol. The number of hydrogen-bond donors (Lipinski definition) is 2. The van der Waals surface area contributed by atoms with E-state index in [1.165, 1.54) is 12.8 Å². The Bertz CT molecular complexity index is 392. The molecule has 1 fully saturated rings. The van der Waals surface area contributed by atoms with Crippen molar-refractivity contribution in [2.45, 2.75) is 31.8 Å². The van der Waals surface area contributed by atoms with Gasteiger partial charge in [-0.3, -0.25) is 4.90 Å². The lowest BCUT2D eigenvalue weighted by Gasteiger charge is -2.25. The number of nitrogens with zero attached hydrogens (tertiary/aromatic N) is 2. The van der Waals surface area contributed by atoms with Crippen molar-refractivity contribution in [2.24, 2.45) is 0 Å². The van der Waals surface area contributed by atoms with Crippen molar-refractivity contribution in [3.63, 3.8) is 0 Å². The third-order valence-corrected chi connectivity index (χ3v) is 3.49. The molecule has 1 aliphatic rings. The summed E-state index contributed by atoms with van der Waals surface area (Å²) in [5.74, 6) is 0.675. The van der Waals surface area contributed by atoms with Gasteiger partial charge in [-0.05, 0) is 38.9 Å². The van der Waals surface area contributed by atoms with E-state index in [1.54, 1.807) is 12.1 Å². The first-order valence-electron chi connectivity index (χ1n) is 5.95. The molecule has 1 unspecified atom stereocenters. The van der Waals surface area contributed by atoms with Gasteiger partial charge in [0.2, 0.25) is 0 Å². The molecule has 0 saturated heterocycles. The fourth-order valence-corrected chi connectivity index (χ4v) is 1.97. The normalized spacial score (nSPS) is 17.2. The van der Waals surface area contributed by atoms with Crippen LogP contribution in [-0.2, 0) is 0 Å². The number of nitrogen functional groups attached to an aromatic ring is 1. The molecule has 0 spiro atoms. The molecule has 1 heterocycles. The fourth-order valence-electron chi connectivity index (χ4n) is 1.82. The minimum atomic E-state index is 0.461. The first-order chi connectivity index (χ1) is 8.08. The maximum atomic E-state index is 5.84. The van der Waals surface area contributed by atoms with Gasteiger partial charge in [-0.1, -0.05) is 11.6 Å². The molecule has 1 saturated carbocycles. The van der Waals surface area contributed by atoms with Gasteiger partial charge in [0, 0.05) is 18.6 Å². The zero-order valence-electron chi connectivity index (χ0n) is 10.3. The summed E-state index contributed by atoms with van der Waals surface area (Å²) in [6.07, 6.45) is 2.64. The van der Waals surface area contributed by atoms with Gasteiger partial charge in [-0.25, -0.2) is 4.98 Å². The molecule has 0 aromatic carbocycles. The predicted molar refractivity (Wildman–Crippen MR) is 72.4 cm³/mol. The number of hydrogen-bond acceptors (Lipinski definition) is 4. The lowest BCUT2D eigenvalue weighted by Crippen LogP contribution is -2.36. The molecular weight excluding hydrogens is 236 g/mol. The second kappa shape index (κ2) is 5.10. The van der Waals surface area contributed by atoms with Crippen molar-refractivity contribution < 1.29 is 0 Å². The zero-order chi connectivity index (χ0) is 12.4. The van der Waals surface area contributed by atoms with Crippen LogP contribution in [0.2, 0.25) is 5.15 Å². The van der Waals surface area contributed by atoms with Gasteiger partial charge in [-0.2, -0.15) is 0 Å². The molecule has 1 atom stereocenters. The largest absolute Gasteiger partial charge is 0.396 e. The van der Waals surface area contributed by atoms with E-state index in [1.807, 2.05) is 0 Å². The summed E-state index contributed by atoms with van der Waals surface area (Å²) in [6.45, 7) is 3.02. The standard InChI is InChI=1S/C12H19ClN4/c1-8(17(2)9-3-4-9)7-15-12-10(14)5-6-11(13)16-12/h5-6,8-9H,3-4,7,14H2,1-2H3,(H,15,16). The molecule has 0 bridgehead atoms. The van der Waals surface area contributed by atoms with E-state index in [0.29, 0.717) is 22.7 Å². The van der Waals surface area contributed by atoms with Crippen LogP contribution in [-0.4, -0.2) is 35.6 Å². The molecule has 1 aromatic heterocycles. The van der Waals surface area contributed by atoms with Gasteiger partial charge >= 0.3 is 0 Å². The molecule has 3 N–H and O–H groups in total. The van der Waals surface area contributed by atoms with Crippen LogP contribution in [0.3, 0.4) is 0 Å². The lowest BCUT2D eigenvalue weighted by atomic mass is 10.3. The number of likely N-dealkylation sites (N-methyl/N-ethyl adjacent to an activating group) is 1. The van der Waals surface area contributed by atoms with Crippen LogP contribution in [0.25, 0.3) is 0 Å². The van der Waals surface area contributed by atoms with Crippen LogP contribution in [0.15, 0.2) is 12.1 Å². The van der Waals surface area contributed by atoms with E-state index in [-0.39, 0.29) is 0 Å². The summed E-state index contributed by atoms with van der Waals surface area (Å²) in [5.41, 5.74) is 6.46. The van der Waals surface area contributed by atoms with Crippen molar-refractivity contribution in [3.8, 4) is 0 Å². The molecule has 1 aromatic rings. The van der Waals surface area contributed by atoms with Gasteiger partial charge in [0.25, 0.3) is 0 Å². The van der Waals surface area contributed by atoms with Gasteiger partial charge in [0.05, 0.1) is 5.69 Å². The smallest absolute Gasteiger partial charge is 0.151 e. The molecule has 4 nitrogen and oxygen atoms in total. The molecule has 2 rings (SSSR count). The van der Waals surface area contributed by atoms with Crippen molar-refractivity contribution in [1.82, 2.24) is 9.88 Å². The first kappa shape index (κ1) is 12.5. The lowest BCUT2D eigenvalue weighted by molar-refractivity contribution is 0.257. The number of anilines is 2. The maximum absolute atomic E-state index is 5.84. The molecule has 94 valence electrons. The van der Waals surface area contributed by atoms with Gasteiger partial charge in [0.1, 0.15) is 5.15 Å². The van der Waals surface area contributed by atoms with Crippen molar-refractivity contribution in [3.05, 3.63) is 17.3 Å². The summed E-state index contributed by atoms with van der Waals surface area (Å²) >= 11 is 5.84. The number of rotatable bonds is 5. The topological polar surface area (TPSA) is 54.2 Å². The predicted octanol–water partition coefficient (Wildman–Crippen LogP) is 2.21. The van der Waals surface area contributed by atoms with Crippen LogP contribution >= 0.6 is 11.6 Å². The number of nitrogens with one attached hydrogen (secondary N) is 1. The van der Waals surface area contributed by atoms with E-state index in [9.17, 15) is 0 Å². The number of nitrogens with two attached hydrogens (primary N) is 1. The summed E-state index contributed by atoms with van der Waals surface area (Å²) in [4.78, 5) is 6.57. The zero-order valence-corrected chi connectivity index (χ0v) is 11.0. The quantitative estimate of drug-likeness (QED) is 0.791. The third kappa shape index (κ3) is 3.23. The van der Waals surface area contributed by atoms with E-state index in [4.69, 9.17) is 17.3 Å². The van der Waals surface area contributed by atoms with Crippen molar-refractivity contribution in [2.75, 3.05) is 24.6 Å². The highest BCUT2D eigenvalue weighted by Gasteiger charge is 2.28. The van der Waals surface area contributed by atoms with Crippen molar-refractivity contribution >= 4 is 23.1 Å². The third-order valence-electron chi connectivity index (χ3n) is 3.28.